The molecule has 0 unspecified atom stereocenters. The fraction of sp³-hybridized carbons (Fsp3) is 0.200. The number of hydrogen-bond acceptors (Lipinski definition) is 3. The number of carbonyl (C=O) groups is 1. The summed E-state index contributed by atoms with van der Waals surface area (Å²) in [7, 11) is 0. The molecular weight excluding hydrogens is 276 g/mol. The monoisotopic (exact) mass is 290 g/mol. The van der Waals surface area contributed by atoms with Crippen LogP contribution in [0.2, 0.25) is 5.02 Å². The van der Waals surface area contributed by atoms with Gasteiger partial charge in [-0.3, -0.25) is 4.79 Å². The van der Waals surface area contributed by atoms with Gasteiger partial charge >= 0.3 is 0 Å². The van der Waals surface area contributed by atoms with Gasteiger partial charge in [0.05, 0.1) is 13.0 Å². The van der Waals surface area contributed by atoms with Crippen molar-refractivity contribution in [1.82, 2.24) is 4.98 Å². The van der Waals surface area contributed by atoms with Gasteiger partial charge in [-0.05, 0) is 42.8 Å². The van der Waals surface area contributed by atoms with E-state index in [1.807, 2.05) is 19.1 Å². The molecule has 0 radical (unpaired) electrons. The van der Waals surface area contributed by atoms with E-state index in [9.17, 15) is 4.79 Å². The maximum atomic E-state index is 11.7. The SMILES string of the molecule is Cc1ccnc(NC(=O)CCOc2cccc(Cl)c2)c1. The molecule has 1 aromatic carbocycles. The number of aromatic nitrogens is 1. The number of aryl methyl sites for hydroxylation is 1. The molecule has 0 atom stereocenters. The Morgan fingerprint density at radius 1 is 1.35 bits per heavy atom. The van der Waals surface area contributed by atoms with Crippen LogP contribution in [0.5, 0.6) is 5.75 Å². The number of benzene rings is 1. The molecule has 5 heteroatoms. The van der Waals surface area contributed by atoms with Crippen LogP contribution in [0.25, 0.3) is 0 Å². The van der Waals surface area contributed by atoms with E-state index in [1.54, 1.807) is 30.5 Å². The van der Waals surface area contributed by atoms with Crippen molar-refractivity contribution in [3.8, 4) is 5.75 Å². The number of nitrogens with one attached hydrogen (secondary N) is 1. The minimum Gasteiger partial charge on any atom is -0.493 e. The van der Waals surface area contributed by atoms with Gasteiger partial charge in [-0.1, -0.05) is 17.7 Å². The number of hydrogen-bond donors (Lipinski definition) is 1. The molecule has 2 rings (SSSR count). The van der Waals surface area contributed by atoms with Crippen molar-refractivity contribution in [2.45, 2.75) is 13.3 Å². The molecule has 0 aliphatic rings. The van der Waals surface area contributed by atoms with E-state index in [4.69, 9.17) is 16.3 Å². The van der Waals surface area contributed by atoms with Gasteiger partial charge < -0.3 is 10.1 Å². The highest BCUT2D eigenvalue weighted by Gasteiger charge is 2.04. The first-order valence-electron chi connectivity index (χ1n) is 6.24. The molecule has 20 heavy (non-hydrogen) atoms. The van der Waals surface area contributed by atoms with E-state index in [1.165, 1.54) is 0 Å². The van der Waals surface area contributed by atoms with Crippen LogP contribution in [0.15, 0.2) is 42.6 Å². The summed E-state index contributed by atoms with van der Waals surface area (Å²) in [5.74, 6) is 1.07. The second-order valence-corrected chi connectivity index (χ2v) is 4.76. The van der Waals surface area contributed by atoms with E-state index in [2.05, 4.69) is 10.3 Å². The first-order chi connectivity index (χ1) is 9.63. The maximum Gasteiger partial charge on any atom is 0.228 e. The highest BCUT2D eigenvalue weighted by molar-refractivity contribution is 6.30. The van der Waals surface area contributed by atoms with E-state index < -0.39 is 0 Å². The van der Waals surface area contributed by atoms with Crippen molar-refractivity contribution in [2.24, 2.45) is 0 Å². The van der Waals surface area contributed by atoms with Crippen LogP contribution >= 0.6 is 11.6 Å². The van der Waals surface area contributed by atoms with Gasteiger partial charge in [0.15, 0.2) is 0 Å². The van der Waals surface area contributed by atoms with E-state index in [-0.39, 0.29) is 18.9 Å². The third kappa shape index (κ3) is 4.55. The summed E-state index contributed by atoms with van der Waals surface area (Å²) in [6, 6.07) is 10.8. The Hall–Kier alpha value is -2.07. The van der Waals surface area contributed by atoms with Gasteiger partial charge in [-0.15, -0.1) is 0 Å². The first-order valence-corrected chi connectivity index (χ1v) is 6.62. The Labute approximate surface area is 122 Å². The molecule has 0 saturated carbocycles. The molecule has 0 fully saturated rings. The number of ether oxygens (including phenoxy) is 1. The molecule has 4 nitrogen and oxygen atoms in total. The van der Waals surface area contributed by atoms with Gasteiger partial charge in [0.25, 0.3) is 0 Å². The second-order valence-electron chi connectivity index (χ2n) is 4.32. The molecular formula is C15H15ClN2O2. The molecule has 1 heterocycles. The molecule has 1 aromatic heterocycles. The Kier molecular flexibility index (Phi) is 4.96. The molecule has 0 aliphatic carbocycles. The van der Waals surface area contributed by atoms with Crippen molar-refractivity contribution in [2.75, 3.05) is 11.9 Å². The van der Waals surface area contributed by atoms with Crippen molar-refractivity contribution >= 4 is 23.3 Å². The van der Waals surface area contributed by atoms with Crippen LogP contribution < -0.4 is 10.1 Å². The zero-order valence-corrected chi connectivity index (χ0v) is 11.9. The van der Waals surface area contributed by atoms with E-state index in [0.717, 1.165) is 5.56 Å². The first kappa shape index (κ1) is 14.3. The molecule has 104 valence electrons. The van der Waals surface area contributed by atoms with Crippen LogP contribution in [-0.2, 0) is 4.79 Å². The average molecular weight is 291 g/mol. The lowest BCUT2D eigenvalue weighted by Gasteiger charge is -2.07. The summed E-state index contributed by atoms with van der Waals surface area (Å²) < 4.78 is 5.45. The minimum atomic E-state index is -0.134. The number of carbonyl (C=O) groups excluding carboxylic acids is 1. The third-order valence-electron chi connectivity index (χ3n) is 2.58. The molecule has 1 N–H and O–H groups in total. The largest absolute Gasteiger partial charge is 0.493 e. The highest BCUT2D eigenvalue weighted by Crippen LogP contribution is 2.17. The van der Waals surface area contributed by atoms with Gasteiger partial charge in [-0.2, -0.15) is 0 Å². The van der Waals surface area contributed by atoms with E-state index in [0.29, 0.717) is 16.6 Å². The quantitative estimate of drug-likeness (QED) is 0.917. The molecule has 0 aliphatic heterocycles. The zero-order chi connectivity index (χ0) is 14.4. The maximum absolute atomic E-state index is 11.7. The summed E-state index contributed by atoms with van der Waals surface area (Å²) in [5, 5.41) is 3.33. The van der Waals surface area contributed by atoms with Gasteiger partial charge in [0.1, 0.15) is 11.6 Å². The van der Waals surface area contributed by atoms with Crippen LogP contribution in [0, 0.1) is 6.92 Å². The zero-order valence-electron chi connectivity index (χ0n) is 11.1. The Bertz CT molecular complexity index is 602. The lowest BCUT2D eigenvalue weighted by Crippen LogP contribution is -2.16. The number of pyridine rings is 1. The predicted molar refractivity (Wildman–Crippen MR) is 79.2 cm³/mol. The highest BCUT2D eigenvalue weighted by atomic mass is 35.5. The predicted octanol–water partition coefficient (Wildman–Crippen LogP) is 3.45. The number of rotatable bonds is 5. The summed E-state index contributed by atoms with van der Waals surface area (Å²) >= 11 is 5.84. The van der Waals surface area contributed by atoms with Gasteiger partial charge in [0.2, 0.25) is 5.91 Å². The minimum absolute atomic E-state index is 0.134. The Morgan fingerprint density at radius 2 is 2.20 bits per heavy atom. The van der Waals surface area contributed by atoms with Crippen LogP contribution in [0.3, 0.4) is 0 Å². The number of halogens is 1. The van der Waals surface area contributed by atoms with Crippen molar-refractivity contribution < 1.29 is 9.53 Å². The molecule has 0 saturated heterocycles. The summed E-state index contributed by atoms with van der Waals surface area (Å²) in [6.45, 7) is 2.23. The second kappa shape index (κ2) is 6.91. The van der Waals surface area contributed by atoms with E-state index >= 15 is 0 Å². The van der Waals surface area contributed by atoms with Crippen molar-refractivity contribution in [3.63, 3.8) is 0 Å². The summed E-state index contributed by atoms with van der Waals surface area (Å²) in [5.41, 5.74) is 1.05. The van der Waals surface area contributed by atoms with Gasteiger partial charge in [0, 0.05) is 11.2 Å². The van der Waals surface area contributed by atoms with Gasteiger partial charge in [-0.25, -0.2) is 4.98 Å². The smallest absolute Gasteiger partial charge is 0.228 e. The number of anilines is 1. The lowest BCUT2D eigenvalue weighted by molar-refractivity contribution is -0.116. The van der Waals surface area contributed by atoms with Crippen molar-refractivity contribution in [3.05, 3.63) is 53.2 Å². The standard InChI is InChI=1S/C15H15ClN2O2/c1-11-5-7-17-14(9-11)18-15(19)6-8-20-13-4-2-3-12(16)10-13/h2-5,7,9-10H,6,8H2,1H3,(H,17,18,19). The molecule has 0 spiro atoms. The topological polar surface area (TPSA) is 51.2 Å². The van der Waals surface area contributed by atoms with Crippen LogP contribution in [0.1, 0.15) is 12.0 Å². The number of amides is 1. The number of nitrogens with zero attached hydrogens (tertiary/aromatic N) is 1. The fourth-order valence-electron chi connectivity index (χ4n) is 1.63. The molecule has 0 bridgehead atoms. The normalized spacial score (nSPS) is 10.1. The Balaban J connectivity index is 1.78. The van der Waals surface area contributed by atoms with Crippen LogP contribution in [-0.4, -0.2) is 17.5 Å². The van der Waals surface area contributed by atoms with Crippen molar-refractivity contribution in [1.29, 1.82) is 0 Å². The summed E-state index contributed by atoms with van der Waals surface area (Å²) in [6.07, 6.45) is 1.91. The third-order valence-corrected chi connectivity index (χ3v) is 2.81. The molecule has 2 aromatic rings. The Morgan fingerprint density at radius 3 is 2.95 bits per heavy atom. The summed E-state index contributed by atoms with van der Waals surface area (Å²) in [4.78, 5) is 15.8. The lowest BCUT2D eigenvalue weighted by atomic mass is 10.3. The fourth-order valence-corrected chi connectivity index (χ4v) is 1.81. The van der Waals surface area contributed by atoms with Crippen LogP contribution in [0.4, 0.5) is 5.82 Å². The average Bonchev–Trinajstić information content (AvgIpc) is 2.38. The molecule has 1 amide bonds.